The van der Waals surface area contributed by atoms with Gasteiger partial charge in [0.1, 0.15) is 11.5 Å². The fraction of sp³-hybridized carbons (Fsp3) is 0.0526. The summed E-state index contributed by atoms with van der Waals surface area (Å²) in [6, 6.07) is 14.5. The van der Waals surface area contributed by atoms with Gasteiger partial charge in [-0.2, -0.15) is 5.26 Å². The zero-order valence-corrected chi connectivity index (χ0v) is 13.7. The van der Waals surface area contributed by atoms with Crippen LogP contribution in [0.25, 0.3) is 11.1 Å². The highest BCUT2D eigenvalue weighted by atomic mass is 16.6. The molecule has 128 valence electrons. The highest BCUT2D eigenvalue weighted by molar-refractivity contribution is 5.73. The molecule has 0 unspecified atom stereocenters. The first-order valence-electron chi connectivity index (χ1n) is 7.64. The Kier molecular flexibility index (Phi) is 4.50. The van der Waals surface area contributed by atoms with E-state index in [0.29, 0.717) is 33.8 Å². The van der Waals surface area contributed by atoms with Gasteiger partial charge >= 0.3 is 0 Å². The zero-order chi connectivity index (χ0) is 18.7. The van der Waals surface area contributed by atoms with Crippen molar-refractivity contribution in [3.8, 4) is 28.7 Å². The summed E-state index contributed by atoms with van der Waals surface area (Å²) in [5, 5.41) is 20.1. The molecule has 0 aliphatic heterocycles. The molecule has 3 aromatic rings. The van der Waals surface area contributed by atoms with Crippen molar-refractivity contribution >= 4 is 5.69 Å². The van der Waals surface area contributed by atoms with E-state index < -0.39 is 4.92 Å². The first-order valence-corrected chi connectivity index (χ1v) is 7.64. The van der Waals surface area contributed by atoms with E-state index in [0.717, 1.165) is 0 Å². The number of H-pyrrole nitrogens is 1. The number of nitro benzene ring substituents is 1. The Morgan fingerprint density at radius 2 is 2.00 bits per heavy atom. The van der Waals surface area contributed by atoms with Gasteiger partial charge in [-0.15, -0.1) is 0 Å². The fourth-order valence-corrected chi connectivity index (χ4v) is 2.46. The van der Waals surface area contributed by atoms with Crippen LogP contribution in [0.15, 0.2) is 59.5 Å². The van der Waals surface area contributed by atoms with E-state index in [1.807, 2.05) is 6.07 Å². The molecule has 0 aliphatic carbocycles. The number of nitro groups is 1. The van der Waals surface area contributed by atoms with E-state index in [9.17, 15) is 14.9 Å². The van der Waals surface area contributed by atoms with Crippen LogP contribution in [0.2, 0.25) is 0 Å². The van der Waals surface area contributed by atoms with Crippen LogP contribution in [0, 0.1) is 28.4 Å². The van der Waals surface area contributed by atoms with E-state index in [4.69, 9.17) is 10.00 Å². The second-order valence-corrected chi connectivity index (χ2v) is 5.58. The summed E-state index contributed by atoms with van der Waals surface area (Å²) in [6.07, 6.45) is 1.48. The van der Waals surface area contributed by atoms with Gasteiger partial charge in [0.25, 0.3) is 11.2 Å². The lowest BCUT2D eigenvalue weighted by molar-refractivity contribution is -0.384. The van der Waals surface area contributed by atoms with Gasteiger partial charge in [-0.25, -0.2) is 0 Å². The summed E-state index contributed by atoms with van der Waals surface area (Å²) < 4.78 is 5.85. The molecule has 0 spiro atoms. The molecule has 26 heavy (non-hydrogen) atoms. The number of non-ortho nitro benzene ring substituents is 1. The number of benzene rings is 2. The van der Waals surface area contributed by atoms with Crippen LogP contribution >= 0.6 is 0 Å². The number of nitrogens with zero attached hydrogens (tertiary/aromatic N) is 2. The molecule has 0 aliphatic rings. The number of rotatable bonds is 4. The first kappa shape index (κ1) is 16.9. The van der Waals surface area contributed by atoms with Gasteiger partial charge < -0.3 is 9.72 Å². The van der Waals surface area contributed by atoms with Gasteiger partial charge in [-0.1, -0.05) is 6.07 Å². The Balaban J connectivity index is 2.12. The van der Waals surface area contributed by atoms with Gasteiger partial charge in [0.2, 0.25) is 0 Å². The summed E-state index contributed by atoms with van der Waals surface area (Å²) in [5.41, 5.74) is 1.63. The number of aryl methyl sites for hydroxylation is 1. The van der Waals surface area contributed by atoms with Crippen molar-refractivity contribution in [2.24, 2.45) is 0 Å². The Morgan fingerprint density at radius 3 is 2.69 bits per heavy atom. The molecule has 2 aromatic carbocycles. The monoisotopic (exact) mass is 347 g/mol. The molecule has 0 saturated carbocycles. The summed E-state index contributed by atoms with van der Waals surface area (Å²) in [4.78, 5) is 24.8. The Morgan fingerprint density at radius 1 is 1.19 bits per heavy atom. The number of aromatic nitrogens is 1. The van der Waals surface area contributed by atoms with Crippen LogP contribution in [0.1, 0.15) is 11.1 Å². The Bertz CT molecular complexity index is 1100. The fourth-order valence-electron chi connectivity index (χ4n) is 2.46. The third-order valence-corrected chi connectivity index (χ3v) is 3.76. The summed E-state index contributed by atoms with van der Waals surface area (Å²) >= 11 is 0. The molecule has 0 amide bonds. The van der Waals surface area contributed by atoms with E-state index in [1.54, 1.807) is 37.3 Å². The lowest BCUT2D eigenvalue weighted by Gasteiger charge is -2.12. The highest BCUT2D eigenvalue weighted by Crippen LogP contribution is 2.36. The Hall–Kier alpha value is -3.92. The van der Waals surface area contributed by atoms with E-state index in [2.05, 4.69) is 4.98 Å². The van der Waals surface area contributed by atoms with Crippen LogP contribution in [-0.4, -0.2) is 9.91 Å². The van der Waals surface area contributed by atoms with E-state index in [-0.39, 0.29) is 11.2 Å². The predicted molar refractivity (Wildman–Crippen MR) is 95.1 cm³/mol. The summed E-state index contributed by atoms with van der Waals surface area (Å²) in [6.45, 7) is 1.65. The van der Waals surface area contributed by atoms with Crippen molar-refractivity contribution in [3.63, 3.8) is 0 Å². The van der Waals surface area contributed by atoms with Gasteiger partial charge in [-0.3, -0.25) is 14.9 Å². The molecule has 0 radical (unpaired) electrons. The number of nitriles is 1. The van der Waals surface area contributed by atoms with Gasteiger partial charge in [-0.05, 0) is 37.3 Å². The molecular formula is C19H13N3O4. The molecule has 1 heterocycles. The van der Waals surface area contributed by atoms with Crippen LogP contribution < -0.4 is 10.3 Å². The summed E-state index contributed by atoms with van der Waals surface area (Å²) in [7, 11) is 0. The predicted octanol–water partition coefficient (Wildman–Crippen LogP) is 3.92. The largest absolute Gasteiger partial charge is 0.457 e. The average molecular weight is 347 g/mol. The van der Waals surface area contributed by atoms with Gasteiger partial charge in [0, 0.05) is 35.0 Å². The van der Waals surface area contributed by atoms with Crippen LogP contribution in [0.3, 0.4) is 0 Å². The van der Waals surface area contributed by atoms with Gasteiger partial charge in [0.05, 0.1) is 16.6 Å². The van der Waals surface area contributed by atoms with Crippen molar-refractivity contribution in [1.29, 1.82) is 5.26 Å². The number of aromatic amines is 1. The number of pyridine rings is 1. The van der Waals surface area contributed by atoms with Crippen molar-refractivity contribution in [2.75, 3.05) is 0 Å². The molecule has 1 N–H and O–H groups in total. The first-order chi connectivity index (χ1) is 12.5. The maximum absolute atomic E-state index is 11.6. The molecule has 0 saturated heterocycles. The molecule has 0 fully saturated rings. The van der Waals surface area contributed by atoms with Crippen LogP contribution in [0.5, 0.6) is 11.5 Å². The minimum Gasteiger partial charge on any atom is -0.457 e. The molecule has 1 aromatic heterocycles. The highest BCUT2D eigenvalue weighted by Gasteiger charge is 2.15. The number of hydrogen-bond acceptors (Lipinski definition) is 5. The second kappa shape index (κ2) is 6.91. The van der Waals surface area contributed by atoms with Crippen molar-refractivity contribution in [3.05, 3.63) is 86.3 Å². The SMILES string of the molecule is Cc1cc(-c2cc([N+](=O)[O-])ccc2Oc2cccc(C#N)c2)c[nH]c1=O. The molecule has 7 nitrogen and oxygen atoms in total. The van der Waals surface area contributed by atoms with E-state index in [1.165, 1.54) is 24.4 Å². The minimum atomic E-state index is -0.498. The normalized spacial score (nSPS) is 10.2. The van der Waals surface area contributed by atoms with Crippen LogP contribution in [-0.2, 0) is 0 Å². The standard InChI is InChI=1S/C19H13N3O4/c1-12-7-14(11-21-19(12)23)17-9-15(22(24)25)5-6-18(17)26-16-4-2-3-13(8-16)10-20/h2-9,11H,1H3,(H,21,23). The Labute approximate surface area is 148 Å². The molecule has 7 heteroatoms. The zero-order valence-electron chi connectivity index (χ0n) is 13.7. The third kappa shape index (κ3) is 3.44. The quantitative estimate of drug-likeness (QED) is 0.568. The number of ether oxygens (including phenoxy) is 1. The van der Waals surface area contributed by atoms with Crippen molar-refractivity contribution in [1.82, 2.24) is 4.98 Å². The molecule has 0 bridgehead atoms. The molecule has 0 atom stereocenters. The number of nitrogens with one attached hydrogen (secondary N) is 1. The number of hydrogen-bond donors (Lipinski definition) is 1. The minimum absolute atomic E-state index is 0.0954. The topological polar surface area (TPSA) is 109 Å². The lowest BCUT2D eigenvalue weighted by atomic mass is 10.0. The second-order valence-electron chi connectivity index (χ2n) is 5.58. The molecular weight excluding hydrogens is 334 g/mol. The van der Waals surface area contributed by atoms with E-state index >= 15 is 0 Å². The lowest BCUT2D eigenvalue weighted by Crippen LogP contribution is -2.08. The maximum atomic E-state index is 11.6. The average Bonchev–Trinajstić information content (AvgIpc) is 2.64. The van der Waals surface area contributed by atoms with Crippen molar-refractivity contribution < 1.29 is 9.66 Å². The maximum Gasteiger partial charge on any atom is 0.270 e. The smallest absolute Gasteiger partial charge is 0.270 e. The third-order valence-electron chi connectivity index (χ3n) is 3.76. The van der Waals surface area contributed by atoms with Gasteiger partial charge in [0.15, 0.2) is 0 Å². The molecule has 3 rings (SSSR count). The summed E-state index contributed by atoms with van der Waals surface area (Å²) in [5.74, 6) is 0.803. The van der Waals surface area contributed by atoms with Crippen LogP contribution in [0.4, 0.5) is 5.69 Å². The van der Waals surface area contributed by atoms with Crippen molar-refractivity contribution in [2.45, 2.75) is 6.92 Å².